The largest absolute Gasteiger partial charge is 0.381 e. The van der Waals surface area contributed by atoms with Crippen LogP contribution in [0, 0.1) is 6.92 Å². The first-order valence-corrected chi connectivity index (χ1v) is 11.1. The number of carbonyl (C=O) groups excluding carboxylic acids is 2. The topological polar surface area (TPSA) is 105 Å². The highest BCUT2D eigenvalue weighted by atomic mass is 32.2. The van der Waals surface area contributed by atoms with Gasteiger partial charge in [0.1, 0.15) is 6.04 Å². The first kappa shape index (κ1) is 21.3. The number of aryl methyl sites for hydroxylation is 1. The van der Waals surface area contributed by atoms with Gasteiger partial charge in [-0.25, -0.2) is 8.42 Å². The normalized spacial score (nSPS) is 24.8. The fourth-order valence-electron chi connectivity index (χ4n) is 3.68. The molecule has 8 nitrogen and oxygen atoms in total. The van der Waals surface area contributed by atoms with Gasteiger partial charge < -0.3 is 15.4 Å². The van der Waals surface area contributed by atoms with E-state index in [1.165, 1.54) is 24.5 Å². The van der Waals surface area contributed by atoms with Gasteiger partial charge in [-0.1, -0.05) is 17.7 Å². The highest BCUT2D eigenvalue weighted by molar-refractivity contribution is 7.89. The third-order valence-electron chi connectivity index (χ3n) is 5.40. The van der Waals surface area contributed by atoms with Crippen LogP contribution in [0.4, 0.5) is 0 Å². The van der Waals surface area contributed by atoms with Crippen LogP contribution < -0.4 is 10.6 Å². The summed E-state index contributed by atoms with van der Waals surface area (Å²) in [6.07, 6.45) is 5.86. The van der Waals surface area contributed by atoms with Crippen molar-refractivity contribution in [2.75, 3.05) is 7.11 Å². The lowest BCUT2D eigenvalue weighted by Crippen LogP contribution is -2.51. The Morgan fingerprint density at radius 1 is 1.21 bits per heavy atom. The lowest BCUT2D eigenvalue weighted by atomic mass is 9.93. The predicted octanol–water partition coefficient (Wildman–Crippen LogP) is 1.42. The zero-order valence-electron chi connectivity index (χ0n) is 16.6. The average Bonchev–Trinajstić information content (AvgIpc) is 2.70. The van der Waals surface area contributed by atoms with Gasteiger partial charge in [-0.15, -0.1) is 0 Å². The molecule has 1 aliphatic heterocycles. The first-order chi connectivity index (χ1) is 13.8. The summed E-state index contributed by atoms with van der Waals surface area (Å²) in [6, 6.07) is 5.25. The molecule has 2 amide bonds. The molecule has 0 bridgehead atoms. The molecule has 1 aromatic rings. The molecule has 0 aromatic heterocycles. The number of sulfonamides is 1. The summed E-state index contributed by atoms with van der Waals surface area (Å²) in [5, 5.41) is 5.43. The second-order valence-electron chi connectivity index (χ2n) is 7.47. The Kier molecular flexibility index (Phi) is 6.59. The van der Waals surface area contributed by atoms with Crippen molar-refractivity contribution in [3.63, 3.8) is 0 Å². The van der Waals surface area contributed by atoms with E-state index in [1.807, 2.05) is 6.92 Å². The van der Waals surface area contributed by atoms with E-state index in [1.54, 1.807) is 19.2 Å². The highest BCUT2D eigenvalue weighted by Gasteiger charge is 2.37. The minimum atomic E-state index is -3.96. The fraction of sp³-hybridized carbons (Fsp3) is 0.500. The second kappa shape index (κ2) is 8.96. The number of ether oxygens (including phenoxy) is 1. The Morgan fingerprint density at radius 3 is 2.48 bits per heavy atom. The van der Waals surface area contributed by atoms with Crippen molar-refractivity contribution in [3.05, 3.63) is 42.2 Å². The van der Waals surface area contributed by atoms with Gasteiger partial charge in [0.15, 0.2) is 0 Å². The zero-order chi connectivity index (χ0) is 21.0. The van der Waals surface area contributed by atoms with E-state index in [4.69, 9.17) is 4.74 Å². The molecule has 0 spiro atoms. The van der Waals surface area contributed by atoms with Crippen molar-refractivity contribution in [1.82, 2.24) is 14.9 Å². The molecule has 2 aliphatic rings. The number of nitrogens with zero attached hydrogens (tertiary/aromatic N) is 1. The van der Waals surface area contributed by atoms with Crippen molar-refractivity contribution in [2.45, 2.75) is 62.1 Å². The van der Waals surface area contributed by atoms with Crippen LogP contribution in [0.25, 0.3) is 0 Å². The number of hydrogen-bond donors (Lipinski definition) is 2. The Hall–Kier alpha value is -2.39. The number of hydrogen-bond acceptors (Lipinski definition) is 5. The molecule has 1 atom stereocenters. The number of carbonyl (C=O) groups is 2. The number of amides is 2. The maximum Gasteiger partial charge on any atom is 0.264 e. The Bertz CT molecular complexity index is 874. The highest BCUT2D eigenvalue weighted by Crippen LogP contribution is 2.24. The molecule has 0 unspecified atom stereocenters. The lowest BCUT2D eigenvalue weighted by Gasteiger charge is -2.32. The molecule has 29 heavy (non-hydrogen) atoms. The molecule has 1 heterocycles. The second-order valence-corrected chi connectivity index (χ2v) is 9.31. The average molecular weight is 422 g/mol. The molecule has 2 N–H and O–H groups in total. The molecule has 1 aliphatic carbocycles. The maximum absolute atomic E-state index is 13.0. The van der Waals surface area contributed by atoms with Crippen LogP contribution in [0.1, 0.15) is 37.7 Å². The summed E-state index contributed by atoms with van der Waals surface area (Å²) < 4.78 is 32.4. The molecule has 158 valence electrons. The molecule has 1 aromatic carbocycles. The molecular weight excluding hydrogens is 394 g/mol. The molecule has 1 saturated carbocycles. The van der Waals surface area contributed by atoms with Crippen molar-refractivity contribution in [2.24, 2.45) is 0 Å². The number of methoxy groups -OCH3 is 1. The fourth-order valence-corrected chi connectivity index (χ4v) is 5.13. The van der Waals surface area contributed by atoms with E-state index < -0.39 is 22.0 Å². The number of benzene rings is 1. The van der Waals surface area contributed by atoms with Crippen LogP contribution in [0.2, 0.25) is 0 Å². The zero-order valence-corrected chi connectivity index (χ0v) is 17.4. The van der Waals surface area contributed by atoms with Crippen LogP contribution in [0.15, 0.2) is 41.6 Å². The van der Waals surface area contributed by atoms with Crippen molar-refractivity contribution >= 4 is 21.8 Å². The standard InChI is InChI=1S/C20H27N3O5S/c1-14-3-9-17(10-4-14)29(26,27)23-12-11-21-20(25)18(23)13-19(24)22-15-5-7-16(28-2)8-6-15/h3-4,9-12,15-16,18H,5-8,13H2,1-2H3,(H,21,25)(H,22,24)/t15?,16?,18-/m1/s1. The predicted molar refractivity (Wildman–Crippen MR) is 107 cm³/mol. The van der Waals surface area contributed by atoms with Crippen molar-refractivity contribution < 1.29 is 22.7 Å². The van der Waals surface area contributed by atoms with Crippen LogP contribution in [-0.2, 0) is 24.3 Å². The van der Waals surface area contributed by atoms with Gasteiger partial charge in [-0.2, -0.15) is 0 Å². The van der Waals surface area contributed by atoms with E-state index in [-0.39, 0.29) is 29.4 Å². The van der Waals surface area contributed by atoms with E-state index in [0.717, 1.165) is 35.6 Å². The third kappa shape index (κ3) is 4.97. The smallest absolute Gasteiger partial charge is 0.264 e. The molecule has 9 heteroatoms. The van der Waals surface area contributed by atoms with Crippen LogP contribution in [0.3, 0.4) is 0 Å². The van der Waals surface area contributed by atoms with E-state index in [0.29, 0.717) is 0 Å². The number of rotatable bonds is 6. The Morgan fingerprint density at radius 2 is 1.86 bits per heavy atom. The SMILES string of the molecule is COC1CCC(NC(=O)C[C@@H]2C(=O)NC=CN2S(=O)(=O)c2ccc(C)cc2)CC1. The van der Waals surface area contributed by atoms with E-state index >= 15 is 0 Å². The number of nitrogens with one attached hydrogen (secondary N) is 2. The Balaban J connectivity index is 1.71. The summed E-state index contributed by atoms with van der Waals surface area (Å²) in [6.45, 7) is 1.86. The monoisotopic (exact) mass is 421 g/mol. The van der Waals surface area contributed by atoms with Crippen LogP contribution in [0.5, 0.6) is 0 Å². The first-order valence-electron chi connectivity index (χ1n) is 9.70. The van der Waals surface area contributed by atoms with Gasteiger partial charge in [-0.3, -0.25) is 13.9 Å². The molecule has 1 fully saturated rings. The Labute approximate surface area is 171 Å². The molecule has 0 saturated heterocycles. The van der Waals surface area contributed by atoms with E-state index in [9.17, 15) is 18.0 Å². The van der Waals surface area contributed by atoms with Crippen LogP contribution in [-0.4, -0.2) is 49.8 Å². The molecular formula is C20H27N3O5S. The third-order valence-corrected chi connectivity index (χ3v) is 7.20. The summed E-state index contributed by atoms with van der Waals surface area (Å²) in [7, 11) is -2.28. The van der Waals surface area contributed by atoms with Gasteiger partial charge in [-0.05, 0) is 44.7 Å². The van der Waals surface area contributed by atoms with Crippen LogP contribution >= 0.6 is 0 Å². The van der Waals surface area contributed by atoms with Gasteiger partial charge in [0, 0.05) is 25.6 Å². The quantitative estimate of drug-likeness (QED) is 0.723. The van der Waals surface area contributed by atoms with Gasteiger partial charge in [0.05, 0.1) is 17.4 Å². The van der Waals surface area contributed by atoms with Crippen molar-refractivity contribution in [3.8, 4) is 0 Å². The minimum absolute atomic E-state index is 0.0123. The van der Waals surface area contributed by atoms with Crippen molar-refractivity contribution in [1.29, 1.82) is 0 Å². The molecule has 0 radical (unpaired) electrons. The summed E-state index contributed by atoms with van der Waals surface area (Å²) >= 11 is 0. The van der Waals surface area contributed by atoms with E-state index in [2.05, 4.69) is 10.6 Å². The van der Waals surface area contributed by atoms with Gasteiger partial charge in [0.25, 0.3) is 10.0 Å². The summed E-state index contributed by atoms with van der Waals surface area (Å²) in [5.41, 5.74) is 0.926. The summed E-state index contributed by atoms with van der Waals surface area (Å²) in [5.74, 6) is -0.869. The lowest BCUT2D eigenvalue weighted by molar-refractivity contribution is -0.130. The van der Waals surface area contributed by atoms with Gasteiger partial charge >= 0.3 is 0 Å². The summed E-state index contributed by atoms with van der Waals surface area (Å²) in [4.78, 5) is 25.0. The minimum Gasteiger partial charge on any atom is -0.381 e. The molecule has 3 rings (SSSR count). The van der Waals surface area contributed by atoms with Gasteiger partial charge in [0.2, 0.25) is 11.8 Å². The maximum atomic E-state index is 13.0.